The molecular weight excluding hydrogens is 395 g/mol. The number of hydrogen-bond acceptors (Lipinski definition) is 1. The molecule has 0 N–H and O–H groups in total. The van der Waals surface area contributed by atoms with Gasteiger partial charge in [-0.1, -0.05) is 68.2 Å². The maximum atomic E-state index is 13.8. The first-order valence-electron chi connectivity index (χ1n) is 11.3. The van der Waals surface area contributed by atoms with Crippen LogP contribution in [0.1, 0.15) is 87.3 Å². The van der Waals surface area contributed by atoms with Gasteiger partial charge in [-0.2, -0.15) is 0 Å². The van der Waals surface area contributed by atoms with Crippen molar-refractivity contribution in [2.24, 2.45) is 0 Å². The van der Waals surface area contributed by atoms with Gasteiger partial charge in [0.05, 0.1) is 11.7 Å². The zero-order chi connectivity index (χ0) is 21.2. The van der Waals surface area contributed by atoms with E-state index in [0.29, 0.717) is 22.6 Å². The summed E-state index contributed by atoms with van der Waals surface area (Å²) in [7, 11) is 0. The molecule has 0 aliphatic heterocycles. The summed E-state index contributed by atoms with van der Waals surface area (Å²) in [5, 5.41) is 0.384. The molecule has 1 saturated carbocycles. The van der Waals surface area contributed by atoms with E-state index < -0.39 is 0 Å². The highest BCUT2D eigenvalue weighted by molar-refractivity contribution is 6.30. The molecule has 0 amide bonds. The Hall–Kier alpha value is -1.82. The first-order chi connectivity index (χ1) is 14.7. The molecule has 0 heterocycles. The van der Waals surface area contributed by atoms with Crippen LogP contribution in [0.4, 0.5) is 4.39 Å². The molecule has 160 valence electrons. The molecule has 0 bridgehead atoms. The van der Waals surface area contributed by atoms with E-state index in [1.165, 1.54) is 56.6 Å². The standard InChI is InChI=1S/C27H32ClFO/c1-2-3-4-5-6-19-30-26-17-14-23(15-18-26)22-10-7-21(8-11-22)9-12-24-13-16-25(28)20-27(24)29/h7-8,10-11,13,16,20,23,26H,2-6,14-15,17-19H2,1H3. The number of unbranched alkanes of at least 4 members (excludes halogenated alkanes) is 4. The zero-order valence-corrected chi connectivity index (χ0v) is 18.7. The zero-order valence-electron chi connectivity index (χ0n) is 17.9. The molecule has 0 radical (unpaired) electrons. The normalized spacial score (nSPS) is 18.6. The summed E-state index contributed by atoms with van der Waals surface area (Å²) in [6, 6.07) is 13.0. The second-order valence-electron chi connectivity index (χ2n) is 8.25. The Labute approximate surface area is 186 Å². The summed E-state index contributed by atoms with van der Waals surface area (Å²) in [6.45, 7) is 3.17. The number of rotatable bonds is 8. The van der Waals surface area contributed by atoms with Gasteiger partial charge in [0.2, 0.25) is 0 Å². The van der Waals surface area contributed by atoms with E-state index in [-0.39, 0.29) is 5.82 Å². The molecule has 3 rings (SSSR count). The molecule has 0 aromatic heterocycles. The third-order valence-corrected chi connectivity index (χ3v) is 6.17. The third kappa shape index (κ3) is 7.15. The average molecular weight is 427 g/mol. The molecule has 0 spiro atoms. The van der Waals surface area contributed by atoms with Gasteiger partial charge < -0.3 is 4.74 Å². The summed E-state index contributed by atoms with van der Waals surface area (Å²) < 4.78 is 19.9. The van der Waals surface area contributed by atoms with Crippen LogP contribution in [0.25, 0.3) is 0 Å². The Morgan fingerprint density at radius 2 is 1.67 bits per heavy atom. The number of benzene rings is 2. The van der Waals surface area contributed by atoms with Gasteiger partial charge in [-0.25, -0.2) is 4.39 Å². The summed E-state index contributed by atoms with van der Waals surface area (Å²) >= 11 is 5.79. The Morgan fingerprint density at radius 3 is 2.37 bits per heavy atom. The average Bonchev–Trinajstić information content (AvgIpc) is 2.76. The van der Waals surface area contributed by atoms with E-state index in [0.717, 1.165) is 25.0 Å². The molecule has 2 aromatic rings. The number of hydrogen-bond donors (Lipinski definition) is 0. The van der Waals surface area contributed by atoms with Crippen LogP contribution >= 0.6 is 11.6 Å². The Bertz CT molecular complexity index is 841. The van der Waals surface area contributed by atoms with Crippen molar-refractivity contribution in [3.05, 3.63) is 70.0 Å². The molecule has 0 saturated heterocycles. The van der Waals surface area contributed by atoms with Crippen molar-refractivity contribution in [1.82, 2.24) is 0 Å². The predicted molar refractivity (Wildman–Crippen MR) is 124 cm³/mol. The van der Waals surface area contributed by atoms with Gasteiger partial charge in [0.25, 0.3) is 0 Å². The van der Waals surface area contributed by atoms with E-state index in [1.807, 2.05) is 12.1 Å². The Morgan fingerprint density at radius 1 is 0.933 bits per heavy atom. The third-order valence-electron chi connectivity index (χ3n) is 5.93. The van der Waals surface area contributed by atoms with E-state index in [4.69, 9.17) is 16.3 Å². The van der Waals surface area contributed by atoms with Gasteiger partial charge in [-0.05, 0) is 73.9 Å². The van der Waals surface area contributed by atoms with Crippen LogP contribution in [0, 0.1) is 17.7 Å². The highest BCUT2D eigenvalue weighted by Crippen LogP contribution is 2.34. The summed E-state index contributed by atoms with van der Waals surface area (Å²) in [5.41, 5.74) is 2.64. The number of halogens is 2. The lowest BCUT2D eigenvalue weighted by Gasteiger charge is -2.29. The fourth-order valence-electron chi connectivity index (χ4n) is 4.09. The van der Waals surface area contributed by atoms with E-state index >= 15 is 0 Å². The topological polar surface area (TPSA) is 9.23 Å². The van der Waals surface area contributed by atoms with Crippen LogP contribution in [0.15, 0.2) is 42.5 Å². The largest absolute Gasteiger partial charge is 0.378 e. The lowest BCUT2D eigenvalue weighted by molar-refractivity contribution is 0.0226. The molecule has 3 heteroatoms. The van der Waals surface area contributed by atoms with E-state index in [1.54, 1.807) is 12.1 Å². The van der Waals surface area contributed by atoms with E-state index in [9.17, 15) is 4.39 Å². The molecule has 2 aromatic carbocycles. The fraction of sp³-hybridized carbons (Fsp3) is 0.481. The molecule has 1 nitrogen and oxygen atoms in total. The van der Waals surface area contributed by atoms with Crippen LogP contribution < -0.4 is 0 Å². The van der Waals surface area contributed by atoms with Crippen molar-refractivity contribution in [3.63, 3.8) is 0 Å². The van der Waals surface area contributed by atoms with E-state index in [2.05, 4.69) is 30.9 Å². The lowest BCUT2D eigenvalue weighted by Crippen LogP contribution is -2.21. The van der Waals surface area contributed by atoms with Crippen molar-refractivity contribution in [2.45, 2.75) is 76.7 Å². The second kappa shape index (κ2) is 12.1. The molecule has 1 fully saturated rings. The van der Waals surface area contributed by atoms with Crippen molar-refractivity contribution in [1.29, 1.82) is 0 Å². The Balaban J connectivity index is 1.44. The summed E-state index contributed by atoms with van der Waals surface area (Å²) in [6.07, 6.45) is 11.6. The quantitative estimate of drug-likeness (QED) is 0.308. The molecular formula is C27H32ClFO. The number of ether oxygens (including phenoxy) is 1. The van der Waals surface area contributed by atoms with Crippen LogP contribution in [-0.2, 0) is 4.74 Å². The molecule has 0 atom stereocenters. The van der Waals surface area contributed by atoms with Gasteiger partial charge >= 0.3 is 0 Å². The summed E-state index contributed by atoms with van der Waals surface area (Å²) in [4.78, 5) is 0. The van der Waals surface area contributed by atoms with Crippen molar-refractivity contribution < 1.29 is 9.13 Å². The fourth-order valence-corrected chi connectivity index (χ4v) is 4.25. The van der Waals surface area contributed by atoms with Gasteiger partial charge in [0, 0.05) is 17.2 Å². The van der Waals surface area contributed by atoms with Crippen LogP contribution in [-0.4, -0.2) is 12.7 Å². The molecule has 1 aliphatic rings. The van der Waals surface area contributed by atoms with Gasteiger partial charge in [0.15, 0.2) is 0 Å². The Kier molecular flexibility index (Phi) is 9.25. The maximum absolute atomic E-state index is 13.8. The van der Waals surface area contributed by atoms with Crippen LogP contribution in [0.2, 0.25) is 5.02 Å². The van der Waals surface area contributed by atoms with Gasteiger partial charge in [-0.15, -0.1) is 0 Å². The summed E-state index contributed by atoms with van der Waals surface area (Å²) in [5.74, 6) is 6.16. The van der Waals surface area contributed by atoms with Crippen molar-refractivity contribution >= 4 is 11.6 Å². The minimum atomic E-state index is -0.383. The predicted octanol–water partition coefficient (Wildman–Crippen LogP) is 7.89. The minimum Gasteiger partial charge on any atom is -0.378 e. The molecule has 30 heavy (non-hydrogen) atoms. The maximum Gasteiger partial charge on any atom is 0.140 e. The molecule has 1 aliphatic carbocycles. The highest BCUT2D eigenvalue weighted by Gasteiger charge is 2.22. The lowest BCUT2D eigenvalue weighted by atomic mass is 9.82. The smallest absolute Gasteiger partial charge is 0.140 e. The first kappa shape index (κ1) is 22.9. The van der Waals surface area contributed by atoms with Crippen LogP contribution in [0.3, 0.4) is 0 Å². The second-order valence-corrected chi connectivity index (χ2v) is 8.69. The van der Waals surface area contributed by atoms with Crippen molar-refractivity contribution in [2.75, 3.05) is 6.61 Å². The van der Waals surface area contributed by atoms with Gasteiger partial charge in [-0.3, -0.25) is 0 Å². The van der Waals surface area contributed by atoms with Crippen molar-refractivity contribution in [3.8, 4) is 11.8 Å². The highest BCUT2D eigenvalue weighted by atomic mass is 35.5. The van der Waals surface area contributed by atoms with Crippen LogP contribution in [0.5, 0.6) is 0 Å². The van der Waals surface area contributed by atoms with Gasteiger partial charge in [0.1, 0.15) is 5.82 Å². The SMILES string of the molecule is CCCCCCCOC1CCC(c2ccc(C#Cc3ccc(Cl)cc3F)cc2)CC1. The minimum absolute atomic E-state index is 0.368. The molecule has 0 unspecified atom stereocenters. The monoisotopic (exact) mass is 426 g/mol. The first-order valence-corrected chi connectivity index (χ1v) is 11.7.